The normalized spacial score (nSPS) is 17.2. The molecular formula is C15H21F2N. The molecule has 1 aliphatic rings. The van der Waals surface area contributed by atoms with Crippen LogP contribution in [0, 0.1) is 23.0 Å². The van der Waals surface area contributed by atoms with E-state index in [0.717, 1.165) is 25.9 Å². The van der Waals surface area contributed by atoms with Crippen molar-refractivity contribution in [2.24, 2.45) is 11.3 Å². The van der Waals surface area contributed by atoms with Crippen molar-refractivity contribution in [3.8, 4) is 0 Å². The molecule has 0 saturated heterocycles. The molecule has 1 aromatic carbocycles. The monoisotopic (exact) mass is 253 g/mol. The molecule has 0 atom stereocenters. The summed E-state index contributed by atoms with van der Waals surface area (Å²) < 4.78 is 27.2. The van der Waals surface area contributed by atoms with E-state index < -0.39 is 11.6 Å². The van der Waals surface area contributed by atoms with Gasteiger partial charge in [-0.2, -0.15) is 0 Å². The zero-order valence-corrected chi connectivity index (χ0v) is 11.1. The predicted octanol–water partition coefficient (Wildman–Crippen LogP) is 3.53. The summed E-state index contributed by atoms with van der Waals surface area (Å²) in [5.41, 5.74) is 0.333. The second-order valence-corrected chi connectivity index (χ2v) is 5.90. The minimum absolute atomic E-state index is 0.0813. The van der Waals surface area contributed by atoms with E-state index in [1.807, 2.05) is 0 Å². The highest BCUT2D eigenvalue weighted by Crippen LogP contribution is 2.48. The van der Waals surface area contributed by atoms with E-state index in [1.165, 1.54) is 18.2 Å². The molecule has 1 aliphatic carbocycles. The maximum absolute atomic E-state index is 13.6. The molecule has 0 bridgehead atoms. The SMILES string of the molecule is CC(C)CNCC1(Cc2c(F)cccc2F)CC1. The first kappa shape index (κ1) is 13.5. The van der Waals surface area contributed by atoms with Crippen LogP contribution in [-0.2, 0) is 6.42 Å². The van der Waals surface area contributed by atoms with E-state index in [2.05, 4.69) is 19.2 Å². The smallest absolute Gasteiger partial charge is 0.129 e. The van der Waals surface area contributed by atoms with E-state index in [0.29, 0.717) is 12.3 Å². The van der Waals surface area contributed by atoms with Crippen LogP contribution in [0.25, 0.3) is 0 Å². The summed E-state index contributed by atoms with van der Waals surface area (Å²) in [5, 5.41) is 3.40. The second-order valence-electron chi connectivity index (χ2n) is 5.90. The van der Waals surface area contributed by atoms with Crippen LogP contribution in [0.5, 0.6) is 0 Å². The number of hydrogen-bond donors (Lipinski definition) is 1. The topological polar surface area (TPSA) is 12.0 Å². The Labute approximate surface area is 108 Å². The molecule has 1 saturated carbocycles. The molecule has 100 valence electrons. The fourth-order valence-corrected chi connectivity index (χ4v) is 2.30. The van der Waals surface area contributed by atoms with Crippen molar-refractivity contribution in [2.75, 3.05) is 13.1 Å². The summed E-state index contributed by atoms with van der Waals surface area (Å²) in [5.74, 6) is -0.221. The predicted molar refractivity (Wildman–Crippen MR) is 69.4 cm³/mol. The molecule has 0 aromatic heterocycles. The molecule has 1 N–H and O–H groups in total. The fourth-order valence-electron chi connectivity index (χ4n) is 2.30. The fraction of sp³-hybridized carbons (Fsp3) is 0.600. The zero-order valence-electron chi connectivity index (χ0n) is 11.1. The van der Waals surface area contributed by atoms with E-state index in [-0.39, 0.29) is 11.0 Å². The summed E-state index contributed by atoms with van der Waals surface area (Å²) in [4.78, 5) is 0. The van der Waals surface area contributed by atoms with Gasteiger partial charge in [0.2, 0.25) is 0 Å². The van der Waals surface area contributed by atoms with Crippen LogP contribution in [-0.4, -0.2) is 13.1 Å². The lowest BCUT2D eigenvalue weighted by Crippen LogP contribution is -2.29. The standard InChI is InChI=1S/C15H21F2N/c1-11(2)9-18-10-15(6-7-15)8-12-13(16)4-3-5-14(12)17/h3-5,11,18H,6-10H2,1-2H3. The Kier molecular flexibility index (Phi) is 4.00. The first-order chi connectivity index (χ1) is 8.52. The summed E-state index contributed by atoms with van der Waals surface area (Å²) >= 11 is 0. The van der Waals surface area contributed by atoms with Crippen molar-refractivity contribution in [2.45, 2.75) is 33.1 Å². The van der Waals surface area contributed by atoms with Gasteiger partial charge in [0.15, 0.2) is 0 Å². The minimum atomic E-state index is -0.412. The van der Waals surface area contributed by atoms with E-state index in [9.17, 15) is 8.78 Å². The number of benzene rings is 1. The largest absolute Gasteiger partial charge is 0.316 e. The molecule has 3 heteroatoms. The lowest BCUT2D eigenvalue weighted by molar-refractivity contribution is 0.416. The van der Waals surface area contributed by atoms with Crippen molar-refractivity contribution in [1.29, 1.82) is 0 Å². The van der Waals surface area contributed by atoms with Crippen molar-refractivity contribution in [3.05, 3.63) is 35.4 Å². The molecule has 0 radical (unpaired) electrons. The van der Waals surface area contributed by atoms with Crippen LogP contribution >= 0.6 is 0 Å². The van der Waals surface area contributed by atoms with Crippen LogP contribution in [0.1, 0.15) is 32.3 Å². The van der Waals surface area contributed by atoms with E-state index in [1.54, 1.807) is 0 Å². The van der Waals surface area contributed by atoms with Crippen molar-refractivity contribution in [3.63, 3.8) is 0 Å². The quantitative estimate of drug-likeness (QED) is 0.817. The first-order valence-corrected chi connectivity index (χ1v) is 6.66. The second kappa shape index (κ2) is 5.35. The van der Waals surface area contributed by atoms with Gasteiger partial charge in [0.25, 0.3) is 0 Å². The Bertz CT molecular complexity index is 391. The zero-order chi connectivity index (χ0) is 13.2. The van der Waals surface area contributed by atoms with Gasteiger partial charge < -0.3 is 5.32 Å². The number of hydrogen-bond acceptors (Lipinski definition) is 1. The molecule has 1 aromatic rings. The van der Waals surface area contributed by atoms with Crippen molar-refractivity contribution < 1.29 is 8.78 Å². The van der Waals surface area contributed by atoms with Crippen LogP contribution in [0.4, 0.5) is 8.78 Å². The van der Waals surface area contributed by atoms with Gasteiger partial charge in [-0.3, -0.25) is 0 Å². The third kappa shape index (κ3) is 3.29. The number of rotatable bonds is 6. The van der Waals surface area contributed by atoms with Gasteiger partial charge in [0.05, 0.1) is 0 Å². The van der Waals surface area contributed by atoms with Crippen LogP contribution < -0.4 is 5.32 Å². The Morgan fingerprint density at radius 2 is 1.83 bits per heavy atom. The number of halogens is 2. The Hall–Kier alpha value is -0.960. The maximum atomic E-state index is 13.6. The molecule has 18 heavy (non-hydrogen) atoms. The minimum Gasteiger partial charge on any atom is -0.316 e. The molecule has 0 amide bonds. The molecule has 0 unspecified atom stereocenters. The number of nitrogens with one attached hydrogen (secondary N) is 1. The van der Waals surface area contributed by atoms with Gasteiger partial charge in [-0.1, -0.05) is 19.9 Å². The summed E-state index contributed by atoms with van der Waals surface area (Å²) in [6.07, 6.45) is 2.63. The lowest BCUT2D eigenvalue weighted by Gasteiger charge is -2.18. The van der Waals surface area contributed by atoms with E-state index in [4.69, 9.17) is 0 Å². The van der Waals surface area contributed by atoms with E-state index >= 15 is 0 Å². The van der Waals surface area contributed by atoms with Gasteiger partial charge in [0, 0.05) is 12.1 Å². The van der Waals surface area contributed by atoms with Crippen LogP contribution in [0.15, 0.2) is 18.2 Å². The highest BCUT2D eigenvalue weighted by atomic mass is 19.1. The van der Waals surface area contributed by atoms with Gasteiger partial charge in [0.1, 0.15) is 11.6 Å². The van der Waals surface area contributed by atoms with Gasteiger partial charge in [-0.05, 0) is 49.3 Å². The average Bonchev–Trinajstić information content (AvgIpc) is 3.04. The third-order valence-electron chi connectivity index (χ3n) is 3.62. The van der Waals surface area contributed by atoms with Gasteiger partial charge in [-0.15, -0.1) is 0 Å². The summed E-state index contributed by atoms with van der Waals surface area (Å²) in [6.45, 7) is 6.13. The van der Waals surface area contributed by atoms with Gasteiger partial charge >= 0.3 is 0 Å². The first-order valence-electron chi connectivity index (χ1n) is 6.66. The highest BCUT2D eigenvalue weighted by molar-refractivity contribution is 5.23. The highest BCUT2D eigenvalue weighted by Gasteiger charge is 2.43. The maximum Gasteiger partial charge on any atom is 0.129 e. The Balaban J connectivity index is 1.96. The third-order valence-corrected chi connectivity index (χ3v) is 3.62. The molecule has 0 heterocycles. The lowest BCUT2D eigenvalue weighted by atomic mass is 9.95. The van der Waals surface area contributed by atoms with Crippen molar-refractivity contribution >= 4 is 0 Å². The molecule has 0 aliphatic heterocycles. The average molecular weight is 253 g/mol. The van der Waals surface area contributed by atoms with Crippen molar-refractivity contribution in [1.82, 2.24) is 5.32 Å². The molecule has 0 spiro atoms. The summed E-state index contributed by atoms with van der Waals surface area (Å²) in [7, 11) is 0. The molecule has 2 rings (SSSR count). The Morgan fingerprint density at radius 1 is 1.22 bits per heavy atom. The Morgan fingerprint density at radius 3 is 2.33 bits per heavy atom. The van der Waals surface area contributed by atoms with Gasteiger partial charge in [-0.25, -0.2) is 8.78 Å². The summed E-state index contributed by atoms with van der Waals surface area (Å²) in [6, 6.07) is 4.11. The molecule has 1 nitrogen and oxygen atoms in total. The molecule has 1 fully saturated rings. The molecular weight excluding hydrogens is 232 g/mol. The van der Waals surface area contributed by atoms with Crippen LogP contribution in [0.2, 0.25) is 0 Å². The van der Waals surface area contributed by atoms with Crippen LogP contribution in [0.3, 0.4) is 0 Å².